The summed E-state index contributed by atoms with van der Waals surface area (Å²) in [5, 5.41) is 12.0. The first kappa shape index (κ1) is 17.7. The van der Waals surface area contributed by atoms with Gasteiger partial charge in [0.05, 0.1) is 23.2 Å². The Bertz CT molecular complexity index is 763. The number of hydrogen-bond donors (Lipinski definition) is 2. The third kappa shape index (κ3) is 4.29. The van der Waals surface area contributed by atoms with Crippen LogP contribution in [-0.4, -0.2) is 58.9 Å². The number of halogens is 1. The lowest BCUT2D eigenvalue weighted by Gasteiger charge is -2.31. The van der Waals surface area contributed by atoms with Crippen LogP contribution in [0.5, 0.6) is 5.88 Å². The summed E-state index contributed by atoms with van der Waals surface area (Å²) in [6, 6.07) is 3.71. The van der Waals surface area contributed by atoms with Crippen molar-refractivity contribution in [2.75, 3.05) is 26.7 Å². The van der Waals surface area contributed by atoms with Crippen molar-refractivity contribution in [2.45, 2.75) is 25.3 Å². The highest BCUT2D eigenvalue weighted by Gasteiger charge is 2.21. The van der Waals surface area contributed by atoms with Gasteiger partial charge < -0.3 is 20.1 Å². The van der Waals surface area contributed by atoms with Gasteiger partial charge in [-0.3, -0.25) is 4.98 Å². The van der Waals surface area contributed by atoms with Crippen LogP contribution in [0.15, 0.2) is 18.3 Å². The monoisotopic (exact) mass is 364 g/mol. The number of rotatable bonds is 5. The van der Waals surface area contributed by atoms with E-state index in [0.29, 0.717) is 10.9 Å². The van der Waals surface area contributed by atoms with Crippen molar-refractivity contribution in [3.05, 3.63) is 28.9 Å². The van der Waals surface area contributed by atoms with Crippen molar-refractivity contribution >= 4 is 28.7 Å². The number of carbonyl (C=O) groups is 1. The Kier molecular flexibility index (Phi) is 5.55. The molecule has 0 bridgehead atoms. The average molecular weight is 365 g/mol. The van der Waals surface area contributed by atoms with E-state index in [2.05, 4.69) is 20.2 Å². The fourth-order valence-electron chi connectivity index (χ4n) is 3.17. The number of methoxy groups -OCH3 is 1. The molecule has 2 N–H and O–H groups in total. The molecule has 0 atom stereocenters. The van der Waals surface area contributed by atoms with Gasteiger partial charge in [0.15, 0.2) is 0 Å². The van der Waals surface area contributed by atoms with E-state index in [1.807, 2.05) is 6.07 Å². The van der Waals surface area contributed by atoms with Gasteiger partial charge in [-0.2, -0.15) is 0 Å². The SMILES string of the molecule is COc1ccc2ncc(Cl)c(CCN3CCC(NC(=O)O)CC3)c2n1. The summed E-state index contributed by atoms with van der Waals surface area (Å²) in [6.45, 7) is 2.57. The molecule has 1 aliphatic rings. The molecule has 1 amide bonds. The minimum Gasteiger partial charge on any atom is -0.481 e. The lowest BCUT2D eigenvalue weighted by atomic mass is 10.0. The number of piperidine rings is 1. The molecule has 134 valence electrons. The van der Waals surface area contributed by atoms with Crippen molar-refractivity contribution in [3.63, 3.8) is 0 Å². The Balaban J connectivity index is 1.67. The zero-order valence-electron chi connectivity index (χ0n) is 14.0. The Labute approximate surface area is 151 Å². The quantitative estimate of drug-likeness (QED) is 0.847. The zero-order valence-corrected chi connectivity index (χ0v) is 14.8. The molecule has 0 saturated carbocycles. The second-order valence-electron chi connectivity index (χ2n) is 6.12. The van der Waals surface area contributed by atoms with Gasteiger partial charge in [-0.05, 0) is 25.3 Å². The minimum atomic E-state index is -0.950. The summed E-state index contributed by atoms with van der Waals surface area (Å²) in [5.74, 6) is 0.540. The van der Waals surface area contributed by atoms with Gasteiger partial charge in [0.1, 0.15) is 0 Å². The molecular weight excluding hydrogens is 344 g/mol. The number of pyridine rings is 2. The highest BCUT2D eigenvalue weighted by atomic mass is 35.5. The van der Waals surface area contributed by atoms with Crippen molar-refractivity contribution in [1.82, 2.24) is 20.2 Å². The molecule has 7 nitrogen and oxygen atoms in total. The molecule has 0 radical (unpaired) electrons. The third-order valence-corrected chi connectivity index (χ3v) is 4.87. The highest BCUT2D eigenvalue weighted by Crippen LogP contribution is 2.25. The first-order valence-electron chi connectivity index (χ1n) is 8.26. The Morgan fingerprint density at radius 3 is 2.88 bits per heavy atom. The van der Waals surface area contributed by atoms with Crippen LogP contribution in [0, 0.1) is 0 Å². The van der Waals surface area contributed by atoms with Crippen LogP contribution in [0.25, 0.3) is 11.0 Å². The number of aromatic nitrogens is 2. The van der Waals surface area contributed by atoms with Gasteiger partial charge in [0.2, 0.25) is 5.88 Å². The van der Waals surface area contributed by atoms with Crippen LogP contribution in [0.4, 0.5) is 4.79 Å². The maximum Gasteiger partial charge on any atom is 0.404 e. The number of ether oxygens (including phenoxy) is 1. The number of carboxylic acid groups (broad SMARTS) is 1. The molecule has 0 unspecified atom stereocenters. The second kappa shape index (κ2) is 7.84. The molecule has 0 aliphatic carbocycles. The van der Waals surface area contributed by atoms with Crippen LogP contribution in [-0.2, 0) is 6.42 Å². The molecule has 1 fully saturated rings. The van der Waals surface area contributed by atoms with Crippen LogP contribution in [0.3, 0.4) is 0 Å². The maximum absolute atomic E-state index is 10.7. The standard InChI is InChI=1S/C17H21ClN4O3/c1-25-15-3-2-14-16(21-15)12(13(18)10-19-14)6-9-22-7-4-11(5-8-22)20-17(23)24/h2-3,10-11,20H,4-9H2,1H3,(H,23,24). The summed E-state index contributed by atoms with van der Waals surface area (Å²) < 4.78 is 5.21. The average Bonchev–Trinajstić information content (AvgIpc) is 2.61. The molecule has 2 aromatic rings. The Morgan fingerprint density at radius 1 is 1.44 bits per heavy atom. The van der Waals surface area contributed by atoms with Crippen LogP contribution in [0.2, 0.25) is 5.02 Å². The molecule has 0 spiro atoms. The number of nitrogens with one attached hydrogen (secondary N) is 1. The third-order valence-electron chi connectivity index (χ3n) is 4.54. The first-order chi connectivity index (χ1) is 12.1. The zero-order chi connectivity index (χ0) is 17.8. The minimum absolute atomic E-state index is 0.0463. The van der Waals surface area contributed by atoms with Crippen molar-refractivity contribution in [3.8, 4) is 5.88 Å². The topological polar surface area (TPSA) is 87.6 Å². The van der Waals surface area contributed by atoms with Gasteiger partial charge in [0.25, 0.3) is 0 Å². The molecule has 25 heavy (non-hydrogen) atoms. The van der Waals surface area contributed by atoms with Gasteiger partial charge in [-0.25, -0.2) is 9.78 Å². The number of hydrogen-bond acceptors (Lipinski definition) is 5. The Morgan fingerprint density at radius 2 is 2.20 bits per heavy atom. The van der Waals surface area contributed by atoms with E-state index in [0.717, 1.165) is 55.5 Å². The van der Waals surface area contributed by atoms with Crippen molar-refractivity contribution in [2.24, 2.45) is 0 Å². The summed E-state index contributed by atoms with van der Waals surface area (Å²) >= 11 is 6.36. The Hall–Kier alpha value is -2.12. The van der Waals surface area contributed by atoms with Crippen molar-refractivity contribution in [1.29, 1.82) is 0 Å². The molecule has 2 aromatic heterocycles. The fourth-order valence-corrected chi connectivity index (χ4v) is 3.41. The summed E-state index contributed by atoms with van der Waals surface area (Å²) in [5.41, 5.74) is 2.54. The molecular formula is C17H21ClN4O3. The van der Waals surface area contributed by atoms with Gasteiger partial charge in [-0.15, -0.1) is 0 Å². The summed E-state index contributed by atoms with van der Waals surface area (Å²) in [7, 11) is 1.58. The second-order valence-corrected chi connectivity index (χ2v) is 6.53. The van der Waals surface area contributed by atoms with Gasteiger partial charge in [-0.1, -0.05) is 11.6 Å². The van der Waals surface area contributed by atoms with Gasteiger partial charge in [0, 0.05) is 43.5 Å². The van der Waals surface area contributed by atoms with Crippen molar-refractivity contribution < 1.29 is 14.6 Å². The smallest absolute Gasteiger partial charge is 0.404 e. The maximum atomic E-state index is 10.7. The number of nitrogens with zero attached hydrogens (tertiary/aromatic N) is 3. The molecule has 1 aliphatic heterocycles. The highest BCUT2D eigenvalue weighted by molar-refractivity contribution is 6.32. The fraction of sp³-hybridized carbons (Fsp3) is 0.471. The van der Waals surface area contributed by atoms with Crippen LogP contribution < -0.4 is 10.1 Å². The first-order valence-corrected chi connectivity index (χ1v) is 8.64. The van der Waals surface area contributed by atoms with E-state index >= 15 is 0 Å². The van der Waals surface area contributed by atoms with E-state index in [1.165, 1.54) is 0 Å². The van der Waals surface area contributed by atoms with Crippen LogP contribution >= 0.6 is 11.6 Å². The van der Waals surface area contributed by atoms with Crippen LogP contribution in [0.1, 0.15) is 18.4 Å². The molecule has 3 heterocycles. The predicted octanol–water partition coefficient (Wildman–Crippen LogP) is 2.57. The summed E-state index contributed by atoms with van der Waals surface area (Å²) in [4.78, 5) is 21.9. The van der Waals surface area contributed by atoms with E-state index in [9.17, 15) is 4.79 Å². The molecule has 0 aromatic carbocycles. The normalized spacial score (nSPS) is 16.1. The largest absolute Gasteiger partial charge is 0.481 e. The van der Waals surface area contributed by atoms with E-state index in [-0.39, 0.29) is 6.04 Å². The predicted molar refractivity (Wildman–Crippen MR) is 95.4 cm³/mol. The number of amides is 1. The summed E-state index contributed by atoms with van der Waals surface area (Å²) in [6.07, 6.45) is 3.12. The number of likely N-dealkylation sites (tertiary alicyclic amines) is 1. The van der Waals surface area contributed by atoms with E-state index < -0.39 is 6.09 Å². The van der Waals surface area contributed by atoms with E-state index in [1.54, 1.807) is 19.4 Å². The molecule has 8 heteroatoms. The number of fused-ring (bicyclic) bond motifs is 1. The van der Waals surface area contributed by atoms with E-state index in [4.69, 9.17) is 21.4 Å². The lowest BCUT2D eigenvalue weighted by Crippen LogP contribution is -2.44. The van der Waals surface area contributed by atoms with Gasteiger partial charge >= 0.3 is 6.09 Å². The molecule has 3 rings (SSSR count). The lowest BCUT2D eigenvalue weighted by molar-refractivity contribution is 0.169. The molecule has 1 saturated heterocycles.